The highest BCUT2D eigenvalue weighted by Crippen LogP contribution is 2.16. The smallest absolute Gasteiger partial charge is 0.256 e. The molecular formula is C22H27N3O2. The first-order chi connectivity index (χ1) is 13.0. The number of aryl methyl sites for hydroxylation is 2. The Balaban J connectivity index is 1.46. The van der Waals surface area contributed by atoms with Crippen LogP contribution < -0.4 is 4.74 Å². The molecule has 0 radical (unpaired) electrons. The van der Waals surface area contributed by atoms with Crippen molar-refractivity contribution in [3.8, 4) is 5.75 Å². The summed E-state index contributed by atoms with van der Waals surface area (Å²) in [5.74, 6) is 0.902. The molecule has 0 saturated heterocycles. The molecule has 0 aromatic heterocycles. The Kier molecular flexibility index (Phi) is 6.24. The van der Waals surface area contributed by atoms with Crippen molar-refractivity contribution in [1.82, 2.24) is 9.91 Å². The van der Waals surface area contributed by atoms with E-state index in [1.54, 1.807) is 5.01 Å². The van der Waals surface area contributed by atoms with Gasteiger partial charge in [-0.15, -0.1) is 0 Å². The fourth-order valence-corrected chi connectivity index (χ4v) is 3.20. The molecule has 0 aliphatic carbocycles. The zero-order valence-electron chi connectivity index (χ0n) is 16.3. The van der Waals surface area contributed by atoms with Crippen LogP contribution in [0.3, 0.4) is 0 Å². The highest BCUT2D eigenvalue weighted by molar-refractivity contribution is 6.02. The van der Waals surface area contributed by atoms with Crippen LogP contribution in [0.15, 0.2) is 53.6 Å². The number of likely N-dealkylation sites (N-methyl/N-ethyl adjacent to an activating group) is 1. The van der Waals surface area contributed by atoms with Gasteiger partial charge >= 0.3 is 0 Å². The Hall–Kier alpha value is -2.66. The Bertz CT molecular complexity index is 797. The van der Waals surface area contributed by atoms with Crippen LogP contribution in [0.4, 0.5) is 0 Å². The maximum Gasteiger partial charge on any atom is 0.256 e. The minimum Gasteiger partial charge on any atom is -0.492 e. The SMILES string of the molecule is Cc1cc(C)cc(OCCN(C)CC(=O)N2CCC(c3ccccc3)=N2)c1. The third-order valence-electron chi connectivity index (χ3n) is 4.54. The average molecular weight is 365 g/mol. The molecule has 1 aliphatic rings. The third kappa shape index (κ3) is 5.41. The topological polar surface area (TPSA) is 45.1 Å². The van der Waals surface area contributed by atoms with Gasteiger partial charge in [0.1, 0.15) is 12.4 Å². The molecule has 1 amide bonds. The number of nitrogens with zero attached hydrogens (tertiary/aromatic N) is 3. The number of carbonyl (C=O) groups excluding carboxylic acids is 1. The second-order valence-corrected chi connectivity index (χ2v) is 7.09. The van der Waals surface area contributed by atoms with Gasteiger partial charge < -0.3 is 4.74 Å². The fraction of sp³-hybridized carbons (Fsp3) is 0.364. The average Bonchev–Trinajstić information content (AvgIpc) is 3.12. The van der Waals surface area contributed by atoms with Crippen LogP contribution in [-0.4, -0.2) is 54.8 Å². The van der Waals surface area contributed by atoms with E-state index in [0.717, 1.165) is 23.4 Å². The van der Waals surface area contributed by atoms with Crippen molar-refractivity contribution in [2.45, 2.75) is 20.3 Å². The molecular weight excluding hydrogens is 338 g/mol. The minimum atomic E-state index is 0.0230. The summed E-state index contributed by atoms with van der Waals surface area (Å²) >= 11 is 0. The van der Waals surface area contributed by atoms with Crippen molar-refractivity contribution in [3.63, 3.8) is 0 Å². The van der Waals surface area contributed by atoms with Crippen LogP contribution >= 0.6 is 0 Å². The number of benzene rings is 2. The molecule has 2 aromatic carbocycles. The number of hydrogen-bond donors (Lipinski definition) is 0. The van der Waals surface area contributed by atoms with Crippen molar-refractivity contribution < 1.29 is 9.53 Å². The van der Waals surface area contributed by atoms with Crippen LogP contribution in [0.1, 0.15) is 23.1 Å². The predicted molar refractivity (Wildman–Crippen MR) is 108 cm³/mol. The molecule has 142 valence electrons. The molecule has 5 heteroatoms. The first-order valence-corrected chi connectivity index (χ1v) is 9.34. The normalized spacial score (nSPS) is 13.8. The van der Waals surface area contributed by atoms with Crippen LogP contribution in [-0.2, 0) is 4.79 Å². The fourth-order valence-electron chi connectivity index (χ4n) is 3.20. The Morgan fingerprint density at radius 2 is 1.85 bits per heavy atom. The Labute approximate surface area is 161 Å². The maximum atomic E-state index is 12.5. The maximum absolute atomic E-state index is 12.5. The van der Waals surface area contributed by atoms with Crippen LogP contribution in [0.2, 0.25) is 0 Å². The van der Waals surface area contributed by atoms with Crippen molar-refractivity contribution in [2.24, 2.45) is 5.10 Å². The van der Waals surface area contributed by atoms with Gasteiger partial charge in [-0.1, -0.05) is 36.4 Å². The highest BCUT2D eigenvalue weighted by atomic mass is 16.5. The van der Waals surface area contributed by atoms with Gasteiger partial charge in [-0.3, -0.25) is 9.69 Å². The minimum absolute atomic E-state index is 0.0230. The molecule has 1 heterocycles. The summed E-state index contributed by atoms with van der Waals surface area (Å²) in [6.07, 6.45) is 0.801. The molecule has 2 aromatic rings. The van der Waals surface area contributed by atoms with E-state index < -0.39 is 0 Å². The monoisotopic (exact) mass is 365 g/mol. The largest absolute Gasteiger partial charge is 0.492 e. The van der Waals surface area contributed by atoms with E-state index in [2.05, 4.69) is 25.0 Å². The zero-order valence-corrected chi connectivity index (χ0v) is 16.3. The molecule has 3 rings (SSSR count). The number of hydrazone groups is 1. The first kappa shape index (κ1) is 19.1. The van der Waals surface area contributed by atoms with E-state index in [4.69, 9.17) is 4.74 Å². The van der Waals surface area contributed by atoms with Gasteiger partial charge in [-0.2, -0.15) is 5.10 Å². The van der Waals surface area contributed by atoms with Gasteiger partial charge in [0.15, 0.2) is 0 Å². The summed E-state index contributed by atoms with van der Waals surface area (Å²) in [7, 11) is 1.93. The number of carbonyl (C=O) groups is 1. The van der Waals surface area contributed by atoms with Crippen LogP contribution in [0.25, 0.3) is 0 Å². The summed E-state index contributed by atoms with van der Waals surface area (Å²) in [6, 6.07) is 16.2. The van der Waals surface area contributed by atoms with E-state index in [-0.39, 0.29) is 5.91 Å². The number of amides is 1. The first-order valence-electron chi connectivity index (χ1n) is 9.34. The van der Waals surface area contributed by atoms with Crippen molar-refractivity contribution >= 4 is 11.6 Å². The standard InChI is InChI=1S/C22H27N3O2/c1-17-13-18(2)15-20(14-17)27-12-11-24(3)16-22(26)25-10-9-21(23-25)19-7-5-4-6-8-19/h4-8,13-15H,9-12,16H2,1-3H3. The molecule has 5 nitrogen and oxygen atoms in total. The number of ether oxygens (including phenoxy) is 1. The predicted octanol–water partition coefficient (Wildman–Crippen LogP) is 3.25. The van der Waals surface area contributed by atoms with Gasteiger partial charge in [0, 0.05) is 13.0 Å². The van der Waals surface area contributed by atoms with Crippen LogP contribution in [0.5, 0.6) is 5.75 Å². The third-order valence-corrected chi connectivity index (χ3v) is 4.54. The molecule has 0 atom stereocenters. The summed E-state index contributed by atoms with van der Waals surface area (Å²) in [6.45, 7) is 6.33. The van der Waals surface area contributed by atoms with E-state index in [1.165, 1.54) is 11.1 Å². The molecule has 0 saturated carbocycles. The quantitative estimate of drug-likeness (QED) is 0.757. The summed E-state index contributed by atoms with van der Waals surface area (Å²) < 4.78 is 5.83. The van der Waals surface area contributed by atoms with Gasteiger partial charge in [0.2, 0.25) is 0 Å². The molecule has 1 aliphatic heterocycles. The molecule has 0 fully saturated rings. The van der Waals surface area contributed by atoms with E-state index in [9.17, 15) is 4.79 Å². The van der Waals surface area contributed by atoms with E-state index >= 15 is 0 Å². The molecule has 0 unspecified atom stereocenters. The lowest BCUT2D eigenvalue weighted by molar-refractivity contribution is -0.131. The van der Waals surface area contributed by atoms with Gasteiger partial charge in [-0.05, 0) is 49.7 Å². The zero-order chi connectivity index (χ0) is 19.2. The molecule has 0 spiro atoms. The van der Waals surface area contributed by atoms with Crippen molar-refractivity contribution in [3.05, 3.63) is 65.2 Å². The van der Waals surface area contributed by atoms with Gasteiger partial charge in [0.25, 0.3) is 5.91 Å². The van der Waals surface area contributed by atoms with Gasteiger partial charge in [0.05, 0.1) is 18.8 Å². The van der Waals surface area contributed by atoms with Crippen molar-refractivity contribution in [1.29, 1.82) is 0 Å². The lowest BCUT2D eigenvalue weighted by atomic mass is 10.1. The van der Waals surface area contributed by atoms with E-state index in [0.29, 0.717) is 26.2 Å². The second kappa shape index (κ2) is 8.82. The lowest BCUT2D eigenvalue weighted by Crippen LogP contribution is -2.36. The summed E-state index contributed by atoms with van der Waals surface area (Å²) in [5, 5.41) is 6.09. The molecule has 0 N–H and O–H groups in total. The molecule has 0 bridgehead atoms. The van der Waals surface area contributed by atoms with Crippen LogP contribution in [0, 0.1) is 13.8 Å². The van der Waals surface area contributed by atoms with Crippen molar-refractivity contribution in [2.75, 3.05) is 33.3 Å². The number of hydrogen-bond acceptors (Lipinski definition) is 4. The number of rotatable bonds is 7. The summed E-state index contributed by atoms with van der Waals surface area (Å²) in [4.78, 5) is 14.5. The Morgan fingerprint density at radius 1 is 1.15 bits per heavy atom. The Morgan fingerprint density at radius 3 is 2.56 bits per heavy atom. The lowest BCUT2D eigenvalue weighted by Gasteiger charge is -2.19. The highest BCUT2D eigenvalue weighted by Gasteiger charge is 2.22. The molecule has 27 heavy (non-hydrogen) atoms. The van der Waals surface area contributed by atoms with E-state index in [1.807, 2.05) is 54.4 Å². The second-order valence-electron chi connectivity index (χ2n) is 7.09. The van der Waals surface area contributed by atoms with Gasteiger partial charge in [-0.25, -0.2) is 5.01 Å². The summed E-state index contributed by atoms with van der Waals surface area (Å²) in [5.41, 5.74) is 4.44.